The number of aromatic nitrogens is 4. The van der Waals surface area contributed by atoms with Gasteiger partial charge in [-0.25, -0.2) is 14.6 Å². The Morgan fingerprint density at radius 2 is 1.83 bits per heavy atom. The first-order valence-electron chi connectivity index (χ1n) is 10.7. The second-order valence-electron chi connectivity index (χ2n) is 8.16. The van der Waals surface area contributed by atoms with E-state index in [-0.39, 0.29) is 0 Å². The highest BCUT2D eigenvalue weighted by Gasteiger charge is 2.26. The summed E-state index contributed by atoms with van der Waals surface area (Å²) in [7, 11) is 0. The number of anilines is 3. The highest BCUT2D eigenvalue weighted by Crippen LogP contribution is 2.30. The summed E-state index contributed by atoms with van der Waals surface area (Å²) in [4.78, 5) is 13.6. The van der Waals surface area contributed by atoms with Crippen molar-refractivity contribution in [3.05, 3.63) is 54.6 Å². The summed E-state index contributed by atoms with van der Waals surface area (Å²) >= 11 is 0. The molecule has 1 aromatic carbocycles. The van der Waals surface area contributed by atoms with Crippen LogP contribution in [0.25, 0.3) is 5.82 Å². The molecule has 1 aliphatic carbocycles. The lowest BCUT2D eigenvalue weighted by molar-refractivity contribution is 0.248. The van der Waals surface area contributed by atoms with E-state index in [1.54, 1.807) is 10.9 Å². The van der Waals surface area contributed by atoms with Crippen molar-refractivity contribution in [2.45, 2.75) is 19.4 Å². The Morgan fingerprint density at radius 1 is 1.03 bits per heavy atom. The van der Waals surface area contributed by atoms with Crippen LogP contribution in [0.5, 0.6) is 0 Å². The van der Waals surface area contributed by atoms with Crippen LogP contribution in [0.3, 0.4) is 0 Å². The molecule has 0 bridgehead atoms. The van der Waals surface area contributed by atoms with Crippen molar-refractivity contribution in [3.8, 4) is 5.82 Å². The minimum Gasteiger partial charge on any atom is -0.393 e. The second kappa shape index (κ2) is 8.31. The number of nitrogens with zero attached hydrogens (tertiary/aromatic N) is 6. The minimum atomic E-state index is 0.488. The minimum absolute atomic E-state index is 0.488. The van der Waals surface area contributed by atoms with E-state index < -0.39 is 0 Å². The maximum atomic E-state index is 6.25. The van der Waals surface area contributed by atoms with Crippen molar-refractivity contribution >= 4 is 17.2 Å². The number of benzene rings is 1. The van der Waals surface area contributed by atoms with Gasteiger partial charge < -0.3 is 16.0 Å². The first kappa shape index (κ1) is 18.9. The van der Waals surface area contributed by atoms with E-state index in [0.29, 0.717) is 23.9 Å². The number of hydrogen-bond donors (Lipinski definition) is 2. The van der Waals surface area contributed by atoms with Crippen LogP contribution in [-0.4, -0.2) is 57.4 Å². The highest BCUT2D eigenvalue weighted by molar-refractivity contribution is 5.69. The molecule has 1 saturated carbocycles. The van der Waals surface area contributed by atoms with Crippen LogP contribution in [0.15, 0.2) is 49.1 Å². The number of hydrogen-bond acceptors (Lipinski definition) is 7. The molecule has 0 unspecified atom stereocenters. The van der Waals surface area contributed by atoms with Gasteiger partial charge in [-0.15, -0.1) is 0 Å². The van der Waals surface area contributed by atoms with Gasteiger partial charge in [0.05, 0.1) is 0 Å². The van der Waals surface area contributed by atoms with Gasteiger partial charge in [0.2, 0.25) is 0 Å². The maximum Gasteiger partial charge on any atom is 0.181 e. The van der Waals surface area contributed by atoms with Crippen molar-refractivity contribution in [1.29, 1.82) is 0 Å². The number of rotatable bonds is 7. The maximum absolute atomic E-state index is 6.25. The normalized spacial score (nSPS) is 17.3. The van der Waals surface area contributed by atoms with Crippen LogP contribution >= 0.6 is 0 Å². The number of piperazine rings is 1. The fourth-order valence-corrected chi connectivity index (χ4v) is 3.97. The molecule has 8 heteroatoms. The summed E-state index contributed by atoms with van der Waals surface area (Å²) in [6.45, 7) is 6.51. The van der Waals surface area contributed by atoms with Crippen molar-refractivity contribution < 1.29 is 0 Å². The summed E-state index contributed by atoms with van der Waals surface area (Å²) in [6, 6.07) is 10.6. The van der Waals surface area contributed by atoms with Gasteiger partial charge in [0, 0.05) is 57.3 Å². The van der Waals surface area contributed by atoms with E-state index in [4.69, 9.17) is 5.73 Å². The summed E-state index contributed by atoms with van der Waals surface area (Å²) in [5.41, 5.74) is 9.22. The first-order valence-corrected chi connectivity index (χ1v) is 10.7. The van der Waals surface area contributed by atoms with Gasteiger partial charge >= 0.3 is 0 Å². The molecular formula is C22H28N8. The Labute approximate surface area is 176 Å². The molecule has 2 aromatic heterocycles. The lowest BCUT2D eigenvalue weighted by Gasteiger charge is -2.36. The summed E-state index contributed by atoms with van der Waals surface area (Å²) in [6.07, 6.45) is 7.87. The number of nitrogens with two attached hydrogens (primary N) is 1. The molecule has 3 aromatic rings. The van der Waals surface area contributed by atoms with E-state index in [0.717, 1.165) is 19.0 Å². The topological polar surface area (TPSA) is 88.1 Å². The molecule has 1 saturated heterocycles. The van der Waals surface area contributed by atoms with Gasteiger partial charge in [0.15, 0.2) is 11.6 Å². The van der Waals surface area contributed by atoms with Crippen LogP contribution in [0.4, 0.5) is 17.2 Å². The third kappa shape index (κ3) is 4.23. The summed E-state index contributed by atoms with van der Waals surface area (Å²) in [5, 5.41) is 7.52. The van der Waals surface area contributed by atoms with Gasteiger partial charge in [0.1, 0.15) is 12.0 Å². The molecule has 0 spiro atoms. The molecule has 0 atom stereocenters. The molecule has 0 radical (unpaired) electrons. The zero-order valence-electron chi connectivity index (χ0n) is 17.1. The van der Waals surface area contributed by atoms with E-state index in [1.807, 2.05) is 12.3 Å². The molecule has 1 aliphatic heterocycles. The third-order valence-corrected chi connectivity index (χ3v) is 5.93. The fraction of sp³-hybridized carbons (Fsp3) is 0.409. The average Bonchev–Trinajstić information content (AvgIpc) is 3.43. The predicted octanol–water partition coefficient (Wildman–Crippen LogP) is 2.39. The van der Waals surface area contributed by atoms with Gasteiger partial charge in [-0.1, -0.05) is 12.1 Å². The lowest BCUT2D eigenvalue weighted by atomic mass is 10.1. The Kier molecular flexibility index (Phi) is 5.23. The highest BCUT2D eigenvalue weighted by atomic mass is 15.3. The largest absolute Gasteiger partial charge is 0.393 e. The van der Waals surface area contributed by atoms with Gasteiger partial charge in [-0.3, -0.25) is 4.90 Å². The third-order valence-electron chi connectivity index (χ3n) is 5.93. The lowest BCUT2D eigenvalue weighted by Crippen LogP contribution is -2.47. The van der Waals surface area contributed by atoms with Gasteiger partial charge in [-0.05, 0) is 42.5 Å². The van der Waals surface area contributed by atoms with Crippen molar-refractivity contribution in [2.75, 3.05) is 48.7 Å². The molecule has 8 nitrogen and oxygen atoms in total. The van der Waals surface area contributed by atoms with Crippen LogP contribution in [0.2, 0.25) is 0 Å². The average molecular weight is 405 g/mol. The van der Waals surface area contributed by atoms with Gasteiger partial charge in [0.25, 0.3) is 0 Å². The summed E-state index contributed by atoms with van der Waals surface area (Å²) < 4.78 is 1.64. The molecule has 3 heterocycles. The smallest absolute Gasteiger partial charge is 0.181 e. The Balaban J connectivity index is 1.17. The van der Waals surface area contributed by atoms with Gasteiger partial charge in [-0.2, -0.15) is 5.10 Å². The Morgan fingerprint density at radius 3 is 2.53 bits per heavy atom. The molecular weight excluding hydrogens is 376 g/mol. The first-order chi connectivity index (χ1) is 14.8. The monoisotopic (exact) mass is 404 g/mol. The van der Waals surface area contributed by atoms with E-state index in [9.17, 15) is 0 Å². The number of nitrogens with one attached hydrogen (secondary N) is 1. The van der Waals surface area contributed by atoms with Crippen LogP contribution in [0, 0.1) is 5.92 Å². The van der Waals surface area contributed by atoms with E-state index >= 15 is 0 Å². The molecule has 5 rings (SSSR count). The molecule has 30 heavy (non-hydrogen) atoms. The fourth-order valence-electron chi connectivity index (χ4n) is 3.97. The zero-order chi connectivity index (χ0) is 20.3. The molecule has 2 aliphatic rings. The van der Waals surface area contributed by atoms with Crippen LogP contribution in [0.1, 0.15) is 18.4 Å². The van der Waals surface area contributed by atoms with Crippen molar-refractivity contribution in [3.63, 3.8) is 0 Å². The van der Waals surface area contributed by atoms with Crippen molar-refractivity contribution in [2.24, 2.45) is 5.92 Å². The van der Waals surface area contributed by atoms with Crippen LogP contribution < -0.4 is 16.0 Å². The zero-order valence-corrected chi connectivity index (χ0v) is 17.1. The molecule has 3 N–H and O–H groups in total. The van der Waals surface area contributed by atoms with Crippen LogP contribution in [-0.2, 0) is 6.54 Å². The second-order valence-corrected chi connectivity index (χ2v) is 8.16. The van der Waals surface area contributed by atoms with E-state index in [2.05, 4.69) is 54.4 Å². The molecule has 156 valence electrons. The molecule has 0 amide bonds. The molecule has 2 fully saturated rings. The Bertz CT molecular complexity index is 957. The summed E-state index contributed by atoms with van der Waals surface area (Å²) in [5.74, 6) is 2.17. The van der Waals surface area contributed by atoms with E-state index in [1.165, 1.54) is 50.1 Å². The predicted molar refractivity (Wildman–Crippen MR) is 119 cm³/mol. The Hall–Kier alpha value is -3.13. The standard InChI is InChI=1S/C22H28N8/c23-20-21(25-16-26-22(20)30-9-1-8-27-30)24-14-17-4-6-19(7-5-17)29-12-10-28(11-13-29)15-18-2-3-18/h1,4-9,16,18H,2-3,10-15,23H2,(H,24,25,26). The number of nitrogen functional groups attached to an aromatic ring is 1. The quantitative estimate of drug-likeness (QED) is 0.625. The van der Waals surface area contributed by atoms with Crippen molar-refractivity contribution in [1.82, 2.24) is 24.6 Å². The SMILES string of the molecule is Nc1c(NCc2ccc(N3CCN(CC4CC4)CC3)cc2)ncnc1-n1cccn1.